The highest BCUT2D eigenvalue weighted by molar-refractivity contribution is 5.97. The molecule has 1 aromatic carbocycles. The summed E-state index contributed by atoms with van der Waals surface area (Å²) in [6, 6.07) is 16.4. The third kappa shape index (κ3) is 5.21. The molecule has 2 heterocycles. The summed E-state index contributed by atoms with van der Waals surface area (Å²) >= 11 is 0. The number of H-pyrrole nitrogens is 1. The van der Waals surface area contributed by atoms with Gasteiger partial charge in [-0.3, -0.25) is 9.59 Å². The van der Waals surface area contributed by atoms with Crippen molar-refractivity contribution in [1.82, 2.24) is 15.2 Å². The monoisotopic (exact) mass is 447 g/mol. The molecule has 0 saturated heterocycles. The van der Waals surface area contributed by atoms with E-state index < -0.39 is 11.6 Å². The number of benzene rings is 1. The number of nitrogens with one attached hydrogen (secondary N) is 2. The molecule has 1 fully saturated rings. The Labute approximate surface area is 195 Å². The van der Waals surface area contributed by atoms with E-state index in [1.807, 2.05) is 76.2 Å². The van der Waals surface area contributed by atoms with Crippen molar-refractivity contribution in [3.05, 3.63) is 71.8 Å². The molecule has 1 aliphatic carbocycles. The highest BCUT2D eigenvalue weighted by Gasteiger charge is 2.41. The maximum Gasteiger partial charge on any atom is 0.271 e. The number of rotatable bonds is 6. The fourth-order valence-electron chi connectivity index (χ4n) is 4.55. The standard InChI is InChI=1S/C27H33N3O3/c1-18-14-17-23(33-18)24(25(31)29-27(2,3)4)30(20-12-8-9-13-20)26(32)22-16-15-21(28-22)19-10-6-5-7-11-19/h5-7,10-11,14-17,20,24,28H,8-9,12-13H2,1-4H3,(H,29,31). The molecule has 0 radical (unpaired) electrons. The van der Waals surface area contributed by atoms with Gasteiger partial charge in [0.05, 0.1) is 0 Å². The molecule has 1 saturated carbocycles. The molecule has 2 aromatic heterocycles. The first kappa shape index (κ1) is 22.9. The van der Waals surface area contributed by atoms with E-state index in [0.29, 0.717) is 17.2 Å². The van der Waals surface area contributed by atoms with Gasteiger partial charge in [-0.2, -0.15) is 0 Å². The van der Waals surface area contributed by atoms with Crippen molar-refractivity contribution in [2.24, 2.45) is 0 Å². The molecule has 6 heteroatoms. The van der Waals surface area contributed by atoms with Crippen molar-refractivity contribution in [3.8, 4) is 11.3 Å². The number of carbonyl (C=O) groups excluding carboxylic acids is 2. The van der Waals surface area contributed by atoms with Crippen LogP contribution in [-0.4, -0.2) is 33.3 Å². The van der Waals surface area contributed by atoms with E-state index in [2.05, 4.69) is 10.3 Å². The van der Waals surface area contributed by atoms with E-state index >= 15 is 0 Å². The fourth-order valence-corrected chi connectivity index (χ4v) is 4.55. The molecule has 1 aliphatic rings. The Hall–Kier alpha value is -3.28. The first-order valence-corrected chi connectivity index (χ1v) is 11.7. The molecule has 174 valence electrons. The van der Waals surface area contributed by atoms with Gasteiger partial charge in [0.1, 0.15) is 17.2 Å². The SMILES string of the molecule is Cc1ccc(C(C(=O)NC(C)(C)C)N(C(=O)c2ccc(-c3ccccc3)[nH]2)C2CCCC2)o1. The molecular formula is C27H33N3O3. The van der Waals surface area contributed by atoms with Crippen LogP contribution in [0.15, 0.2) is 59.0 Å². The van der Waals surface area contributed by atoms with Crippen LogP contribution in [0.5, 0.6) is 0 Å². The van der Waals surface area contributed by atoms with Gasteiger partial charge >= 0.3 is 0 Å². The molecule has 1 atom stereocenters. The number of aryl methyl sites for hydroxylation is 1. The van der Waals surface area contributed by atoms with Crippen LogP contribution in [0.25, 0.3) is 11.3 Å². The van der Waals surface area contributed by atoms with Crippen molar-refractivity contribution in [2.75, 3.05) is 0 Å². The molecule has 2 N–H and O–H groups in total. The molecule has 0 bridgehead atoms. The summed E-state index contributed by atoms with van der Waals surface area (Å²) in [4.78, 5) is 32.5. The van der Waals surface area contributed by atoms with Gasteiger partial charge in [0.15, 0.2) is 6.04 Å². The normalized spacial score (nSPS) is 15.4. The minimum Gasteiger partial charge on any atom is -0.464 e. The number of carbonyl (C=O) groups is 2. The molecule has 4 rings (SSSR count). The number of aromatic nitrogens is 1. The van der Waals surface area contributed by atoms with Gasteiger partial charge in [-0.05, 0) is 70.4 Å². The Morgan fingerprint density at radius 3 is 2.33 bits per heavy atom. The van der Waals surface area contributed by atoms with Crippen LogP contribution in [0.3, 0.4) is 0 Å². The van der Waals surface area contributed by atoms with E-state index in [1.165, 1.54) is 0 Å². The van der Waals surface area contributed by atoms with Crippen LogP contribution in [0.4, 0.5) is 0 Å². The topological polar surface area (TPSA) is 78.3 Å². The van der Waals surface area contributed by atoms with Crippen molar-refractivity contribution < 1.29 is 14.0 Å². The summed E-state index contributed by atoms with van der Waals surface area (Å²) in [7, 11) is 0. The highest BCUT2D eigenvalue weighted by Crippen LogP contribution is 2.34. The summed E-state index contributed by atoms with van der Waals surface area (Å²) in [6.07, 6.45) is 3.83. The zero-order valence-corrected chi connectivity index (χ0v) is 19.9. The maximum absolute atomic E-state index is 13.9. The summed E-state index contributed by atoms with van der Waals surface area (Å²) < 4.78 is 5.92. The minimum absolute atomic E-state index is 0.0258. The Morgan fingerprint density at radius 2 is 1.73 bits per heavy atom. The summed E-state index contributed by atoms with van der Waals surface area (Å²) in [5, 5.41) is 3.07. The number of hydrogen-bond acceptors (Lipinski definition) is 3. The summed E-state index contributed by atoms with van der Waals surface area (Å²) in [5.41, 5.74) is 1.91. The van der Waals surface area contributed by atoms with Crippen LogP contribution in [0.1, 0.15) is 74.5 Å². The number of amides is 2. The first-order chi connectivity index (χ1) is 15.7. The van der Waals surface area contributed by atoms with Crippen molar-refractivity contribution in [2.45, 2.75) is 71.0 Å². The molecule has 0 aliphatic heterocycles. The second kappa shape index (κ2) is 9.30. The van der Waals surface area contributed by atoms with Gasteiger partial charge in [0.25, 0.3) is 11.8 Å². The number of hydrogen-bond donors (Lipinski definition) is 2. The van der Waals surface area contributed by atoms with Crippen LogP contribution in [-0.2, 0) is 4.79 Å². The van der Waals surface area contributed by atoms with Crippen LogP contribution >= 0.6 is 0 Å². The van der Waals surface area contributed by atoms with Crippen molar-refractivity contribution in [1.29, 1.82) is 0 Å². The lowest BCUT2D eigenvalue weighted by molar-refractivity contribution is -0.128. The smallest absolute Gasteiger partial charge is 0.271 e. The Balaban J connectivity index is 1.73. The molecule has 33 heavy (non-hydrogen) atoms. The highest BCUT2D eigenvalue weighted by atomic mass is 16.3. The molecule has 0 spiro atoms. The summed E-state index contributed by atoms with van der Waals surface area (Å²) in [6.45, 7) is 7.66. The number of nitrogens with zero attached hydrogens (tertiary/aromatic N) is 1. The van der Waals surface area contributed by atoms with Gasteiger partial charge in [-0.1, -0.05) is 43.2 Å². The second-order valence-corrected chi connectivity index (χ2v) is 9.89. The van der Waals surface area contributed by atoms with Crippen LogP contribution in [0.2, 0.25) is 0 Å². The molecule has 1 unspecified atom stereocenters. The molecule has 6 nitrogen and oxygen atoms in total. The van der Waals surface area contributed by atoms with Gasteiger partial charge in [0.2, 0.25) is 0 Å². The van der Waals surface area contributed by atoms with Gasteiger partial charge in [-0.15, -0.1) is 0 Å². The first-order valence-electron chi connectivity index (χ1n) is 11.7. The van der Waals surface area contributed by atoms with Crippen LogP contribution in [0, 0.1) is 6.92 Å². The van der Waals surface area contributed by atoms with E-state index in [4.69, 9.17) is 4.42 Å². The van der Waals surface area contributed by atoms with E-state index in [1.54, 1.807) is 11.0 Å². The number of furan rings is 1. The predicted octanol–water partition coefficient (Wildman–Crippen LogP) is 5.62. The minimum atomic E-state index is -0.836. The van der Waals surface area contributed by atoms with Crippen LogP contribution < -0.4 is 5.32 Å². The lowest BCUT2D eigenvalue weighted by Gasteiger charge is -2.36. The van der Waals surface area contributed by atoms with Crippen molar-refractivity contribution in [3.63, 3.8) is 0 Å². The zero-order chi connectivity index (χ0) is 23.6. The average Bonchev–Trinajstić information content (AvgIpc) is 3.52. The third-order valence-electron chi connectivity index (χ3n) is 6.01. The van der Waals surface area contributed by atoms with Crippen molar-refractivity contribution >= 4 is 11.8 Å². The Morgan fingerprint density at radius 1 is 1.03 bits per heavy atom. The lowest BCUT2D eigenvalue weighted by atomic mass is 10.0. The number of aromatic amines is 1. The van der Waals surface area contributed by atoms with Gasteiger partial charge in [0, 0.05) is 17.3 Å². The Kier molecular flexibility index (Phi) is 6.45. The molecule has 3 aromatic rings. The Bertz CT molecular complexity index is 1100. The van der Waals surface area contributed by atoms with Gasteiger partial charge in [-0.25, -0.2) is 0 Å². The molecule has 2 amide bonds. The quantitative estimate of drug-likeness (QED) is 0.514. The largest absolute Gasteiger partial charge is 0.464 e. The second-order valence-electron chi connectivity index (χ2n) is 9.89. The van der Waals surface area contributed by atoms with E-state index in [0.717, 1.165) is 36.9 Å². The average molecular weight is 448 g/mol. The summed E-state index contributed by atoms with van der Waals surface area (Å²) in [5.74, 6) is 0.784. The lowest BCUT2D eigenvalue weighted by Crippen LogP contribution is -2.51. The molecular weight excluding hydrogens is 414 g/mol. The zero-order valence-electron chi connectivity index (χ0n) is 19.9. The third-order valence-corrected chi connectivity index (χ3v) is 6.01. The maximum atomic E-state index is 13.9. The predicted molar refractivity (Wildman–Crippen MR) is 129 cm³/mol. The van der Waals surface area contributed by atoms with Gasteiger partial charge < -0.3 is 19.6 Å². The van der Waals surface area contributed by atoms with E-state index in [-0.39, 0.29) is 17.9 Å². The fraction of sp³-hybridized carbons (Fsp3) is 0.407. The van der Waals surface area contributed by atoms with E-state index in [9.17, 15) is 9.59 Å².